The van der Waals surface area contributed by atoms with Crippen molar-refractivity contribution >= 4 is 12.4 Å². The van der Waals surface area contributed by atoms with Gasteiger partial charge in [-0.15, -0.1) is 25.6 Å². The number of hydrogen-bond donors (Lipinski definition) is 2. The number of ether oxygens (including phenoxy) is 1. The molecule has 2 aromatic carbocycles. The second-order valence-electron chi connectivity index (χ2n) is 4.87. The van der Waals surface area contributed by atoms with E-state index in [0.29, 0.717) is 0 Å². The van der Waals surface area contributed by atoms with Gasteiger partial charge in [0.1, 0.15) is 5.75 Å². The van der Waals surface area contributed by atoms with Crippen LogP contribution in [0.3, 0.4) is 0 Å². The second-order valence-corrected chi connectivity index (χ2v) is 4.87. The molecule has 23 heavy (non-hydrogen) atoms. The Labute approximate surface area is 138 Å². The minimum atomic E-state index is -4.81. The van der Waals surface area contributed by atoms with Crippen LogP contribution in [0.15, 0.2) is 54.6 Å². The minimum absolute atomic E-state index is 0. The van der Waals surface area contributed by atoms with Gasteiger partial charge >= 0.3 is 6.36 Å². The first-order valence-electron chi connectivity index (χ1n) is 6.69. The molecule has 7 heteroatoms. The maximum Gasteiger partial charge on any atom is 0.573 e. The molecule has 3 N–H and O–H groups in total. The van der Waals surface area contributed by atoms with Gasteiger partial charge in [-0.3, -0.25) is 0 Å². The third-order valence-electron chi connectivity index (χ3n) is 3.21. The Morgan fingerprint density at radius 1 is 1.00 bits per heavy atom. The van der Waals surface area contributed by atoms with Crippen molar-refractivity contribution in [3.63, 3.8) is 0 Å². The molecule has 2 atom stereocenters. The van der Waals surface area contributed by atoms with Gasteiger partial charge in [0.05, 0.1) is 12.1 Å². The van der Waals surface area contributed by atoms with Crippen molar-refractivity contribution < 1.29 is 23.0 Å². The largest absolute Gasteiger partial charge is 0.573 e. The molecule has 0 aliphatic heterocycles. The average Bonchev–Trinajstić information content (AvgIpc) is 2.46. The number of halogens is 4. The molecular formula is C16H17ClF3NO2. The van der Waals surface area contributed by atoms with Crippen LogP contribution in [-0.2, 0) is 6.42 Å². The number of benzene rings is 2. The molecule has 0 bridgehead atoms. The fraction of sp³-hybridized carbons (Fsp3) is 0.250. The van der Waals surface area contributed by atoms with Crippen LogP contribution >= 0.6 is 12.4 Å². The van der Waals surface area contributed by atoms with E-state index < -0.39 is 24.3 Å². The summed E-state index contributed by atoms with van der Waals surface area (Å²) in [5.41, 5.74) is 6.87. The van der Waals surface area contributed by atoms with Crippen LogP contribution in [0.2, 0.25) is 0 Å². The summed E-state index contributed by atoms with van der Waals surface area (Å²) in [6, 6.07) is 13.7. The molecule has 0 fully saturated rings. The van der Waals surface area contributed by atoms with E-state index in [-0.39, 0.29) is 24.4 Å². The molecule has 0 amide bonds. The quantitative estimate of drug-likeness (QED) is 0.868. The van der Waals surface area contributed by atoms with Crippen molar-refractivity contribution in [2.24, 2.45) is 5.73 Å². The smallest absolute Gasteiger partial charge is 0.405 e. The molecule has 0 heterocycles. The van der Waals surface area contributed by atoms with Crippen LogP contribution < -0.4 is 10.5 Å². The molecular weight excluding hydrogens is 331 g/mol. The predicted octanol–water partition coefficient (Wildman–Crippen LogP) is 3.61. The van der Waals surface area contributed by atoms with Gasteiger partial charge in [-0.05, 0) is 11.6 Å². The highest BCUT2D eigenvalue weighted by Crippen LogP contribution is 2.31. The van der Waals surface area contributed by atoms with Crippen LogP contribution in [0.4, 0.5) is 13.2 Å². The first kappa shape index (κ1) is 19.3. The Balaban J connectivity index is 0.00000264. The van der Waals surface area contributed by atoms with E-state index in [1.807, 2.05) is 30.3 Å². The number of alkyl halides is 3. The van der Waals surface area contributed by atoms with E-state index in [4.69, 9.17) is 5.73 Å². The second kappa shape index (κ2) is 8.19. The first-order chi connectivity index (χ1) is 10.4. The fourth-order valence-electron chi connectivity index (χ4n) is 2.16. The zero-order valence-corrected chi connectivity index (χ0v) is 12.8. The molecule has 0 aliphatic rings. The third-order valence-corrected chi connectivity index (χ3v) is 3.21. The molecule has 0 saturated carbocycles. The number of aliphatic hydroxyl groups is 1. The summed E-state index contributed by atoms with van der Waals surface area (Å²) in [6.07, 6.45) is -5.59. The molecule has 0 aliphatic carbocycles. The number of rotatable bonds is 5. The van der Waals surface area contributed by atoms with Crippen molar-refractivity contribution in [2.75, 3.05) is 0 Å². The summed E-state index contributed by atoms with van der Waals surface area (Å²) in [4.78, 5) is 0. The normalized spacial score (nSPS) is 13.8. The first-order valence-corrected chi connectivity index (χ1v) is 6.69. The lowest BCUT2D eigenvalue weighted by Crippen LogP contribution is -2.29. The molecule has 0 aromatic heterocycles. The molecule has 126 valence electrons. The van der Waals surface area contributed by atoms with Crippen molar-refractivity contribution in [3.8, 4) is 5.75 Å². The molecule has 0 radical (unpaired) electrons. The van der Waals surface area contributed by atoms with Gasteiger partial charge in [0.25, 0.3) is 0 Å². The third kappa shape index (κ3) is 5.74. The topological polar surface area (TPSA) is 55.5 Å². The summed E-state index contributed by atoms with van der Waals surface area (Å²) in [7, 11) is 0. The highest BCUT2D eigenvalue weighted by molar-refractivity contribution is 5.85. The fourth-order valence-corrected chi connectivity index (χ4v) is 2.16. The number of nitrogens with two attached hydrogens (primary N) is 1. The van der Waals surface area contributed by atoms with Gasteiger partial charge in [0.2, 0.25) is 0 Å². The van der Waals surface area contributed by atoms with E-state index in [9.17, 15) is 18.3 Å². The summed E-state index contributed by atoms with van der Waals surface area (Å²) in [5, 5.41) is 10.2. The van der Waals surface area contributed by atoms with Crippen LogP contribution in [0.1, 0.15) is 17.2 Å². The number of aliphatic hydroxyl groups excluding tert-OH is 1. The number of hydrogen-bond acceptors (Lipinski definition) is 3. The van der Waals surface area contributed by atoms with Crippen molar-refractivity contribution in [1.82, 2.24) is 0 Å². The molecule has 2 aromatic rings. The SMILES string of the molecule is Cl.N[C@@H](c1ccccc1OC(F)(F)F)[C@H](O)Cc1ccccc1. The highest BCUT2D eigenvalue weighted by Gasteiger charge is 2.33. The van der Waals surface area contributed by atoms with Crippen molar-refractivity contribution in [2.45, 2.75) is 24.9 Å². The zero-order valence-electron chi connectivity index (χ0n) is 12.0. The summed E-state index contributed by atoms with van der Waals surface area (Å²) < 4.78 is 41.2. The lowest BCUT2D eigenvalue weighted by molar-refractivity contribution is -0.275. The van der Waals surface area contributed by atoms with E-state index in [1.165, 1.54) is 18.2 Å². The monoisotopic (exact) mass is 347 g/mol. The Kier molecular flexibility index (Phi) is 6.87. The molecule has 2 rings (SSSR count). The predicted molar refractivity (Wildman–Crippen MR) is 83.5 cm³/mol. The van der Waals surface area contributed by atoms with Crippen LogP contribution in [0, 0.1) is 0 Å². The molecule has 0 saturated heterocycles. The zero-order chi connectivity index (χ0) is 16.2. The van der Waals surface area contributed by atoms with Gasteiger partial charge in [-0.1, -0.05) is 48.5 Å². The van der Waals surface area contributed by atoms with Gasteiger partial charge in [0, 0.05) is 12.0 Å². The van der Waals surface area contributed by atoms with E-state index in [1.54, 1.807) is 6.07 Å². The maximum atomic E-state index is 12.4. The van der Waals surface area contributed by atoms with E-state index in [0.717, 1.165) is 5.56 Å². The number of para-hydroxylation sites is 1. The van der Waals surface area contributed by atoms with E-state index >= 15 is 0 Å². The van der Waals surface area contributed by atoms with Gasteiger partial charge in [0.15, 0.2) is 0 Å². The Hall–Kier alpha value is -1.76. The Morgan fingerprint density at radius 2 is 1.57 bits per heavy atom. The van der Waals surface area contributed by atoms with Gasteiger partial charge < -0.3 is 15.6 Å². The lowest BCUT2D eigenvalue weighted by atomic mass is 9.96. The molecule has 0 spiro atoms. The maximum absolute atomic E-state index is 12.4. The van der Waals surface area contributed by atoms with Crippen LogP contribution in [-0.4, -0.2) is 17.6 Å². The Bertz CT molecular complexity index is 608. The highest BCUT2D eigenvalue weighted by atomic mass is 35.5. The van der Waals surface area contributed by atoms with E-state index in [2.05, 4.69) is 4.74 Å². The summed E-state index contributed by atoms with van der Waals surface area (Å²) in [5.74, 6) is -0.394. The van der Waals surface area contributed by atoms with Crippen LogP contribution in [0.5, 0.6) is 5.75 Å². The van der Waals surface area contributed by atoms with Crippen molar-refractivity contribution in [3.05, 3.63) is 65.7 Å². The summed E-state index contributed by atoms with van der Waals surface area (Å²) in [6.45, 7) is 0. The minimum Gasteiger partial charge on any atom is -0.405 e. The van der Waals surface area contributed by atoms with Gasteiger partial charge in [-0.2, -0.15) is 0 Å². The average molecular weight is 348 g/mol. The Morgan fingerprint density at radius 3 is 2.17 bits per heavy atom. The molecule has 0 unspecified atom stereocenters. The standard InChI is InChI=1S/C16H16F3NO2.ClH/c17-16(18,19)22-14-9-5-4-8-12(14)15(20)13(21)10-11-6-2-1-3-7-11;/h1-9,13,15,21H,10,20H2;1H/t13-,15+;/m1./s1. The lowest BCUT2D eigenvalue weighted by Gasteiger charge is -2.22. The van der Waals surface area contributed by atoms with Crippen molar-refractivity contribution in [1.29, 1.82) is 0 Å². The van der Waals surface area contributed by atoms with Gasteiger partial charge in [-0.25, -0.2) is 0 Å². The molecule has 3 nitrogen and oxygen atoms in total. The van der Waals surface area contributed by atoms with Crippen LogP contribution in [0.25, 0.3) is 0 Å². The summed E-state index contributed by atoms with van der Waals surface area (Å²) >= 11 is 0.